The number of fused-ring (bicyclic) bond motifs is 1. The Hall–Kier alpha value is -3.17. The lowest BCUT2D eigenvalue weighted by Crippen LogP contribution is -2.32. The summed E-state index contributed by atoms with van der Waals surface area (Å²) in [5, 5.41) is 4.25. The van der Waals surface area contributed by atoms with E-state index in [1.165, 1.54) is 10.7 Å². The maximum atomic E-state index is 14.5. The summed E-state index contributed by atoms with van der Waals surface area (Å²) >= 11 is 0. The standard InChI is InChI=1S/C23H24F4N2O4/c1-6-32-20(30)17-11-14-9-12(2)18(21(31)33-22(3,4)5)19(29(14)28-17)13-7-8-15(16(24)10-13)23(25,26)27/h7-8,10-11,19H,6,9H2,1-5H3. The molecule has 1 aliphatic rings. The molecule has 178 valence electrons. The summed E-state index contributed by atoms with van der Waals surface area (Å²) in [5.41, 5.74) is -1.03. The molecule has 0 spiro atoms. The molecule has 0 bridgehead atoms. The minimum absolute atomic E-state index is 0.0255. The van der Waals surface area contributed by atoms with Crippen molar-refractivity contribution in [3.8, 4) is 0 Å². The first-order valence-corrected chi connectivity index (χ1v) is 10.3. The van der Waals surface area contributed by atoms with Crippen LogP contribution in [0, 0.1) is 5.82 Å². The molecule has 1 unspecified atom stereocenters. The molecule has 0 N–H and O–H groups in total. The van der Waals surface area contributed by atoms with Crippen LogP contribution >= 0.6 is 0 Å². The van der Waals surface area contributed by atoms with Crippen LogP contribution in [-0.4, -0.2) is 33.9 Å². The fourth-order valence-electron chi connectivity index (χ4n) is 3.67. The second-order valence-electron chi connectivity index (χ2n) is 8.70. The van der Waals surface area contributed by atoms with Gasteiger partial charge in [-0.05, 0) is 58.4 Å². The van der Waals surface area contributed by atoms with Crippen molar-refractivity contribution < 1.29 is 36.6 Å². The third-order valence-corrected chi connectivity index (χ3v) is 4.95. The number of benzene rings is 1. The number of carbonyl (C=O) groups is 2. The normalized spacial score (nSPS) is 16.5. The molecule has 1 atom stereocenters. The van der Waals surface area contributed by atoms with Crippen molar-refractivity contribution >= 4 is 11.9 Å². The minimum atomic E-state index is -4.87. The monoisotopic (exact) mass is 468 g/mol. The van der Waals surface area contributed by atoms with Crippen LogP contribution in [0.15, 0.2) is 35.4 Å². The molecule has 6 nitrogen and oxygen atoms in total. The van der Waals surface area contributed by atoms with Gasteiger partial charge in [0.05, 0.1) is 17.7 Å². The summed E-state index contributed by atoms with van der Waals surface area (Å²) < 4.78 is 65.5. The smallest absolute Gasteiger partial charge is 0.419 e. The van der Waals surface area contributed by atoms with Crippen molar-refractivity contribution in [3.05, 3.63) is 63.7 Å². The molecule has 0 amide bonds. The Labute approximate surface area is 188 Å². The Morgan fingerprint density at radius 1 is 1.15 bits per heavy atom. The Kier molecular flexibility index (Phi) is 6.41. The van der Waals surface area contributed by atoms with Gasteiger partial charge in [0.25, 0.3) is 0 Å². The number of hydrogen-bond donors (Lipinski definition) is 0. The van der Waals surface area contributed by atoms with Gasteiger partial charge in [-0.3, -0.25) is 4.68 Å². The minimum Gasteiger partial charge on any atom is -0.461 e. The van der Waals surface area contributed by atoms with Gasteiger partial charge in [-0.25, -0.2) is 14.0 Å². The van der Waals surface area contributed by atoms with Crippen molar-refractivity contribution in [2.24, 2.45) is 0 Å². The van der Waals surface area contributed by atoms with E-state index >= 15 is 0 Å². The quantitative estimate of drug-likeness (QED) is 0.466. The van der Waals surface area contributed by atoms with Crippen LogP contribution in [-0.2, 0) is 26.9 Å². The van der Waals surface area contributed by atoms with Gasteiger partial charge in [-0.1, -0.05) is 11.6 Å². The van der Waals surface area contributed by atoms with E-state index in [4.69, 9.17) is 9.47 Å². The molecule has 0 saturated heterocycles. The molecule has 2 aromatic rings. The molecule has 2 heterocycles. The first-order valence-electron chi connectivity index (χ1n) is 10.3. The average Bonchev–Trinajstić information content (AvgIpc) is 3.08. The van der Waals surface area contributed by atoms with Crippen molar-refractivity contribution in [1.29, 1.82) is 0 Å². The van der Waals surface area contributed by atoms with Crippen LogP contribution in [0.2, 0.25) is 0 Å². The van der Waals surface area contributed by atoms with E-state index in [9.17, 15) is 27.2 Å². The van der Waals surface area contributed by atoms with E-state index in [1.54, 1.807) is 34.6 Å². The van der Waals surface area contributed by atoms with E-state index in [1.807, 2.05) is 0 Å². The maximum Gasteiger partial charge on any atom is 0.419 e. The second kappa shape index (κ2) is 8.64. The topological polar surface area (TPSA) is 70.4 Å². The van der Waals surface area contributed by atoms with Gasteiger partial charge in [0.1, 0.15) is 17.5 Å². The van der Waals surface area contributed by atoms with Crippen LogP contribution in [0.1, 0.15) is 68.0 Å². The second-order valence-corrected chi connectivity index (χ2v) is 8.70. The Balaban J connectivity index is 2.18. The molecule has 10 heteroatoms. The molecule has 1 aliphatic heterocycles. The highest BCUT2D eigenvalue weighted by molar-refractivity contribution is 5.92. The van der Waals surface area contributed by atoms with Gasteiger partial charge in [0.15, 0.2) is 5.69 Å². The van der Waals surface area contributed by atoms with Crippen LogP contribution in [0.3, 0.4) is 0 Å². The Morgan fingerprint density at radius 3 is 2.36 bits per heavy atom. The highest BCUT2D eigenvalue weighted by atomic mass is 19.4. The lowest BCUT2D eigenvalue weighted by atomic mass is 9.89. The molecule has 1 aromatic carbocycles. The summed E-state index contributed by atoms with van der Waals surface area (Å²) in [6.45, 7) is 8.45. The molecule has 1 aromatic heterocycles. The molecule has 0 radical (unpaired) electrons. The summed E-state index contributed by atoms with van der Waals surface area (Å²) in [7, 11) is 0. The zero-order valence-corrected chi connectivity index (χ0v) is 18.8. The van der Waals surface area contributed by atoms with E-state index < -0.39 is 41.1 Å². The van der Waals surface area contributed by atoms with Crippen LogP contribution in [0.5, 0.6) is 0 Å². The van der Waals surface area contributed by atoms with Gasteiger partial charge in [-0.15, -0.1) is 0 Å². The van der Waals surface area contributed by atoms with Crippen LogP contribution in [0.25, 0.3) is 0 Å². The van der Waals surface area contributed by atoms with Gasteiger partial charge in [0.2, 0.25) is 0 Å². The number of allylic oxidation sites excluding steroid dienone is 1. The van der Waals surface area contributed by atoms with Gasteiger partial charge in [-0.2, -0.15) is 18.3 Å². The molecule has 3 rings (SSSR count). The zero-order valence-electron chi connectivity index (χ0n) is 18.8. The summed E-state index contributed by atoms with van der Waals surface area (Å²) in [4.78, 5) is 25.3. The van der Waals surface area contributed by atoms with E-state index in [0.717, 1.165) is 12.1 Å². The van der Waals surface area contributed by atoms with E-state index in [2.05, 4.69) is 5.10 Å². The highest BCUT2D eigenvalue weighted by Crippen LogP contribution is 2.39. The molecule has 33 heavy (non-hydrogen) atoms. The number of carbonyl (C=O) groups excluding carboxylic acids is 2. The predicted octanol–water partition coefficient (Wildman–Crippen LogP) is 5.02. The Morgan fingerprint density at radius 2 is 1.82 bits per heavy atom. The number of hydrogen-bond acceptors (Lipinski definition) is 5. The number of halogens is 4. The number of esters is 2. The van der Waals surface area contributed by atoms with Crippen molar-refractivity contribution in [1.82, 2.24) is 9.78 Å². The Bertz CT molecular complexity index is 1130. The fourth-order valence-corrected chi connectivity index (χ4v) is 3.67. The first kappa shape index (κ1) is 24.5. The maximum absolute atomic E-state index is 14.5. The SMILES string of the molecule is CCOC(=O)c1cc2n(n1)C(c1ccc(C(F)(F)F)c(F)c1)C(C(=O)OC(C)(C)C)=C(C)C2. The van der Waals surface area contributed by atoms with Crippen molar-refractivity contribution in [2.75, 3.05) is 6.61 Å². The van der Waals surface area contributed by atoms with Crippen molar-refractivity contribution in [2.45, 2.75) is 58.9 Å². The number of nitrogens with zero attached hydrogens (tertiary/aromatic N) is 2. The van der Waals surface area contributed by atoms with Gasteiger partial charge in [0, 0.05) is 12.1 Å². The summed E-state index contributed by atoms with van der Waals surface area (Å²) in [5.74, 6) is -2.87. The van der Waals surface area contributed by atoms with Crippen molar-refractivity contribution in [3.63, 3.8) is 0 Å². The van der Waals surface area contributed by atoms with Crippen LogP contribution in [0.4, 0.5) is 17.6 Å². The highest BCUT2D eigenvalue weighted by Gasteiger charge is 2.38. The number of alkyl halides is 3. The van der Waals surface area contributed by atoms with E-state index in [-0.39, 0.29) is 29.9 Å². The number of ether oxygens (including phenoxy) is 2. The summed E-state index contributed by atoms with van der Waals surface area (Å²) in [6, 6.07) is 2.84. The third-order valence-electron chi connectivity index (χ3n) is 4.95. The molecule has 0 saturated carbocycles. The largest absolute Gasteiger partial charge is 0.461 e. The molecule has 0 aliphatic carbocycles. The third kappa shape index (κ3) is 5.09. The number of aromatic nitrogens is 2. The molecular weight excluding hydrogens is 444 g/mol. The lowest BCUT2D eigenvalue weighted by Gasteiger charge is -2.31. The fraction of sp³-hybridized carbons (Fsp3) is 0.435. The lowest BCUT2D eigenvalue weighted by molar-refractivity contribution is -0.150. The molecule has 0 fully saturated rings. The molecular formula is C23H24F4N2O4. The predicted molar refractivity (Wildman–Crippen MR) is 110 cm³/mol. The van der Waals surface area contributed by atoms with Gasteiger partial charge >= 0.3 is 18.1 Å². The first-order chi connectivity index (χ1) is 15.2. The average molecular weight is 468 g/mol. The van der Waals surface area contributed by atoms with Crippen LogP contribution < -0.4 is 0 Å². The summed E-state index contributed by atoms with van der Waals surface area (Å²) in [6.07, 6.45) is -4.64. The van der Waals surface area contributed by atoms with E-state index in [0.29, 0.717) is 17.3 Å². The zero-order chi connectivity index (χ0) is 24.7. The number of rotatable bonds is 4. The van der Waals surface area contributed by atoms with Gasteiger partial charge < -0.3 is 9.47 Å².